The van der Waals surface area contributed by atoms with Crippen molar-refractivity contribution < 1.29 is 0 Å². The Bertz CT molecular complexity index is 978. The Morgan fingerprint density at radius 1 is 1.33 bits per heavy atom. The highest BCUT2D eigenvalue weighted by Crippen LogP contribution is 2.29. The lowest BCUT2D eigenvalue weighted by molar-refractivity contribution is 0.962. The monoisotopic (exact) mass is 276 g/mol. The van der Waals surface area contributed by atoms with Gasteiger partial charge >= 0.3 is 0 Å². The molecule has 0 bridgehead atoms. The van der Waals surface area contributed by atoms with Gasteiger partial charge in [-0.15, -0.1) is 0 Å². The minimum absolute atomic E-state index is 0.260. The van der Waals surface area contributed by atoms with Gasteiger partial charge < -0.3 is 10.7 Å². The Kier molecular flexibility index (Phi) is 2.32. The Morgan fingerprint density at radius 3 is 3.10 bits per heavy atom. The van der Waals surface area contributed by atoms with Crippen LogP contribution >= 0.6 is 0 Å². The number of nitrogens with two attached hydrogens (primary N) is 1. The summed E-state index contributed by atoms with van der Waals surface area (Å²) in [4.78, 5) is 11.4. The second kappa shape index (κ2) is 4.17. The van der Waals surface area contributed by atoms with Crippen LogP contribution in [-0.2, 0) is 0 Å². The number of nitrogen functional groups attached to an aromatic ring is 1. The van der Waals surface area contributed by atoms with Gasteiger partial charge in [-0.05, 0) is 17.7 Å². The van der Waals surface area contributed by atoms with Gasteiger partial charge in [0.2, 0.25) is 5.95 Å². The number of fused-ring (bicyclic) bond motifs is 2. The van der Waals surface area contributed by atoms with Crippen LogP contribution in [0, 0.1) is 0 Å². The Morgan fingerprint density at radius 2 is 2.24 bits per heavy atom. The Labute approximate surface area is 120 Å². The summed E-state index contributed by atoms with van der Waals surface area (Å²) in [7, 11) is 0. The van der Waals surface area contributed by atoms with E-state index in [9.17, 15) is 0 Å². The average Bonchev–Trinajstić information content (AvgIpc) is 3.09. The summed E-state index contributed by atoms with van der Waals surface area (Å²) in [5, 5.41) is 5.22. The summed E-state index contributed by atoms with van der Waals surface area (Å²) >= 11 is 0. The third-order valence-electron chi connectivity index (χ3n) is 3.53. The van der Waals surface area contributed by atoms with Crippen LogP contribution in [0.4, 0.5) is 5.95 Å². The number of rotatable bonds is 2. The quantitative estimate of drug-likeness (QED) is 0.589. The largest absolute Gasteiger partial charge is 0.368 e. The summed E-state index contributed by atoms with van der Waals surface area (Å²) in [5.74, 6) is 0.260. The predicted octanol–water partition coefficient (Wildman–Crippen LogP) is 2.50. The van der Waals surface area contributed by atoms with E-state index >= 15 is 0 Å². The van der Waals surface area contributed by atoms with Gasteiger partial charge in [-0.3, -0.25) is 0 Å². The number of nitrogens with one attached hydrogen (secondary N) is 1. The van der Waals surface area contributed by atoms with Crippen molar-refractivity contribution in [3.05, 3.63) is 49.1 Å². The fourth-order valence-electron chi connectivity index (χ4n) is 2.48. The molecule has 4 heterocycles. The SMILES string of the molecule is C=Cc1cnn2ccc(-c3c[nH]c4nc(N)ncc34)cc12. The standard InChI is InChI=1S/C15H12N6/c1-2-9-6-19-21-4-3-10(5-13(9)21)11-7-17-14-12(11)8-18-15(16)20-14/h2-8H,1H2,(H3,16,17,18,20). The molecule has 4 rings (SSSR count). The lowest BCUT2D eigenvalue weighted by Crippen LogP contribution is -1.93. The number of pyridine rings is 1. The van der Waals surface area contributed by atoms with Crippen molar-refractivity contribution in [3.8, 4) is 11.1 Å². The number of hydrogen-bond donors (Lipinski definition) is 2. The molecule has 21 heavy (non-hydrogen) atoms. The number of H-pyrrole nitrogens is 1. The first-order chi connectivity index (χ1) is 10.3. The minimum Gasteiger partial charge on any atom is -0.368 e. The zero-order valence-corrected chi connectivity index (χ0v) is 11.1. The summed E-state index contributed by atoms with van der Waals surface area (Å²) in [5.41, 5.74) is 10.4. The molecule has 6 nitrogen and oxygen atoms in total. The van der Waals surface area contributed by atoms with Crippen molar-refractivity contribution in [2.75, 3.05) is 5.73 Å². The second-order valence-electron chi connectivity index (χ2n) is 4.74. The molecule has 4 aromatic rings. The van der Waals surface area contributed by atoms with E-state index in [1.54, 1.807) is 18.5 Å². The van der Waals surface area contributed by atoms with Crippen molar-refractivity contribution in [2.24, 2.45) is 0 Å². The van der Waals surface area contributed by atoms with Crippen molar-refractivity contribution >= 4 is 28.6 Å². The molecule has 0 radical (unpaired) electrons. The van der Waals surface area contributed by atoms with E-state index < -0.39 is 0 Å². The van der Waals surface area contributed by atoms with Crippen LogP contribution in [0.2, 0.25) is 0 Å². The number of nitrogens with zero attached hydrogens (tertiary/aromatic N) is 4. The van der Waals surface area contributed by atoms with Crippen LogP contribution in [0.15, 0.2) is 43.5 Å². The Balaban J connectivity index is 1.97. The predicted molar refractivity (Wildman–Crippen MR) is 82.6 cm³/mol. The smallest absolute Gasteiger partial charge is 0.221 e. The van der Waals surface area contributed by atoms with Gasteiger partial charge in [0.05, 0.1) is 11.7 Å². The first-order valence-corrected chi connectivity index (χ1v) is 6.46. The number of aromatic nitrogens is 5. The zero-order chi connectivity index (χ0) is 14.4. The molecule has 0 aromatic carbocycles. The van der Waals surface area contributed by atoms with E-state index in [-0.39, 0.29) is 5.95 Å². The van der Waals surface area contributed by atoms with Gasteiger partial charge in [0.1, 0.15) is 5.65 Å². The fraction of sp³-hybridized carbons (Fsp3) is 0. The first kappa shape index (κ1) is 11.7. The van der Waals surface area contributed by atoms with Crippen molar-refractivity contribution in [1.82, 2.24) is 24.6 Å². The molecule has 0 fully saturated rings. The third-order valence-corrected chi connectivity index (χ3v) is 3.53. The molecular weight excluding hydrogens is 264 g/mol. The number of aromatic amines is 1. The van der Waals surface area contributed by atoms with Crippen molar-refractivity contribution in [2.45, 2.75) is 0 Å². The van der Waals surface area contributed by atoms with Crippen molar-refractivity contribution in [3.63, 3.8) is 0 Å². The minimum atomic E-state index is 0.260. The maximum absolute atomic E-state index is 5.61. The topological polar surface area (TPSA) is 84.9 Å². The highest BCUT2D eigenvalue weighted by molar-refractivity contribution is 5.94. The zero-order valence-electron chi connectivity index (χ0n) is 11.1. The molecule has 0 spiro atoms. The van der Waals surface area contributed by atoms with Crippen LogP contribution in [0.3, 0.4) is 0 Å². The molecule has 6 heteroatoms. The lowest BCUT2D eigenvalue weighted by Gasteiger charge is -2.01. The molecule has 0 saturated heterocycles. The molecule has 0 aliphatic carbocycles. The molecule has 0 unspecified atom stereocenters. The first-order valence-electron chi connectivity index (χ1n) is 6.46. The summed E-state index contributed by atoms with van der Waals surface area (Å²) in [6.45, 7) is 3.81. The third kappa shape index (κ3) is 1.69. The molecule has 4 aromatic heterocycles. The van der Waals surface area contributed by atoms with Gasteiger partial charge in [-0.1, -0.05) is 12.7 Å². The summed E-state index contributed by atoms with van der Waals surface area (Å²) < 4.78 is 1.82. The van der Waals surface area contributed by atoms with Crippen LogP contribution in [-0.4, -0.2) is 24.6 Å². The fourth-order valence-corrected chi connectivity index (χ4v) is 2.48. The van der Waals surface area contributed by atoms with Gasteiger partial charge in [0, 0.05) is 35.1 Å². The molecule has 0 aliphatic rings. The van der Waals surface area contributed by atoms with E-state index in [1.807, 2.05) is 23.0 Å². The molecule has 0 amide bonds. The lowest BCUT2D eigenvalue weighted by atomic mass is 10.1. The molecule has 0 aliphatic heterocycles. The average molecular weight is 276 g/mol. The van der Waals surface area contributed by atoms with Gasteiger partial charge in [-0.2, -0.15) is 10.1 Å². The second-order valence-corrected chi connectivity index (χ2v) is 4.74. The Hall–Kier alpha value is -3.15. The summed E-state index contributed by atoms with van der Waals surface area (Å²) in [6.07, 6.45) is 9.16. The molecule has 102 valence electrons. The van der Waals surface area contributed by atoms with Crippen molar-refractivity contribution in [1.29, 1.82) is 0 Å². The highest BCUT2D eigenvalue weighted by Gasteiger charge is 2.10. The van der Waals surface area contributed by atoms with Crippen LogP contribution in [0.1, 0.15) is 5.56 Å². The van der Waals surface area contributed by atoms with E-state index in [1.165, 1.54) is 0 Å². The van der Waals surface area contributed by atoms with E-state index in [0.717, 1.165) is 33.2 Å². The van der Waals surface area contributed by atoms with Gasteiger partial charge in [0.25, 0.3) is 0 Å². The van der Waals surface area contributed by atoms with E-state index in [2.05, 4.69) is 32.7 Å². The van der Waals surface area contributed by atoms with Gasteiger partial charge in [-0.25, -0.2) is 9.50 Å². The molecule has 0 saturated carbocycles. The van der Waals surface area contributed by atoms with E-state index in [4.69, 9.17) is 5.73 Å². The molecule has 0 atom stereocenters. The van der Waals surface area contributed by atoms with E-state index in [0.29, 0.717) is 0 Å². The number of hydrogen-bond acceptors (Lipinski definition) is 4. The summed E-state index contributed by atoms with van der Waals surface area (Å²) in [6, 6.07) is 4.08. The maximum Gasteiger partial charge on any atom is 0.221 e. The molecule has 3 N–H and O–H groups in total. The highest BCUT2D eigenvalue weighted by atomic mass is 15.2. The van der Waals surface area contributed by atoms with Crippen LogP contribution < -0.4 is 5.73 Å². The maximum atomic E-state index is 5.61. The van der Waals surface area contributed by atoms with Gasteiger partial charge in [0.15, 0.2) is 0 Å². The normalized spacial score (nSPS) is 11.2. The van der Waals surface area contributed by atoms with Crippen LogP contribution in [0.5, 0.6) is 0 Å². The molecular formula is C15H12N6. The number of anilines is 1. The van der Waals surface area contributed by atoms with Crippen LogP contribution in [0.25, 0.3) is 33.8 Å².